The van der Waals surface area contributed by atoms with E-state index >= 15 is 0 Å². The van der Waals surface area contributed by atoms with Crippen LogP contribution in [0.1, 0.15) is 5.56 Å². The van der Waals surface area contributed by atoms with E-state index < -0.39 is 0 Å². The third-order valence-electron chi connectivity index (χ3n) is 1.53. The van der Waals surface area contributed by atoms with E-state index in [-0.39, 0.29) is 0 Å². The Morgan fingerprint density at radius 3 is 2.64 bits per heavy atom. The number of nitrogens with zero attached hydrogens (tertiary/aromatic N) is 3. The molecule has 0 bridgehead atoms. The Kier molecular flexibility index (Phi) is 2.14. The van der Waals surface area contributed by atoms with Crippen LogP contribution in [0.5, 0.6) is 0 Å². The van der Waals surface area contributed by atoms with E-state index in [0.717, 1.165) is 11.4 Å². The van der Waals surface area contributed by atoms with Crippen molar-refractivity contribution in [3.63, 3.8) is 0 Å². The molecular weight excluding hydrogens is 140 g/mol. The fraction of sp³-hybridized carbons (Fsp3) is 0.571. The average molecular weight is 154 g/mol. The van der Waals surface area contributed by atoms with Gasteiger partial charge in [0.2, 0.25) is 0 Å². The summed E-state index contributed by atoms with van der Waals surface area (Å²) in [5.41, 5.74) is 6.60. The molecule has 1 heterocycles. The topological polar surface area (TPSA) is 47.1 Å². The monoisotopic (exact) mass is 154 g/mol. The molecule has 0 atom stereocenters. The highest BCUT2D eigenvalue weighted by Crippen LogP contribution is 2.13. The summed E-state index contributed by atoms with van der Waals surface area (Å²) >= 11 is 0. The second-order valence-electron chi connectivity index (χ2n) is 2.75. The highest BCUT2D eigenvalue weighted by Gasteiger charge is 2.06. The lowest BCUT2D eigenvalue weighted by Gasteiger charge is -2.09. The number of aromatic nitrogens is 2. The average Bonchev–Trinajstić information content (AvgIpc) is 2.30. The van der Waals surface area contributed by atoms with E-state index in [4.69, 9.17) is 5.73 Å². The molecule has 2 N–H and O–H groups in total. The van der Waals surface area contributed by atoms with Gasteiger partial charge in [0.1, 0.15) is 0 Å². The van der Waals surface area contributed by atoms with Crippen molar-refractivity contribution in [1.82, 2.24) is 9.78 Å². The van der Waals surface area contributed by atoms with Crippen LogP contribution in [0.3, 0.4) is 0 Å². The molecular formula is C7H14N4. The lowest BCUT2D eigenvalue weighted by Crippen LogP contribution is -2.12. The minimum absolute atomic E-state index is 0.543. The molecule has 0 saturated carbocycles. The second-order valence-corrected chi connectivity index (χ2v) is 2.75. The highest BCUT2D eigenvalue weighted by atomic mass is 15.3. The number of nitrogens with two attached hydrogens (primary N) is 1. The molecule has 0 aromatic carbocycles. The first-order chi connectivity index (χ1) is 5.15. The third-order valence-corrected chi connectivity index (χ3v) is 1.53. The Balaban J connectivity index is 3.02. The third kappa shape index (κ3) is 1.51. The summed E-state index contributed by atoms with van der Waals surface area (Å²) in [6.45, 7) is 0.543. The Labute approximate surface area is 66.6 Å². The number of hydrogen-bond acceptors (Lipinski definition) is 3. The SMILES string of the molecule is CN(C)c1nn(C)cc1CN. The van der Waals surface area contributed by atoms with Crippen molar-refractivity contribution in [3.05, 3.63) is 11.8 Å². The normalized spacial score (nSPS) is 10.2. The minimum atomic E-state index is 0.543. The van der Waals surface area contributed by atoms with Gasteiger partial charge in [0, 0.05) is 39.4 Å². The van der Waals surface area contributed by atoms with Crippen molar-refractivity contribution in [1.29, 1.82) is 0 Å². The molecule has 0 spiro atoms. The molecule has 0 aliphatic heterocycles. The van der Waals surface area contributed by atoms with Crippen molar-refractivity contribution < 1.29 is 0 Å². The summed E-state index contributed by atoms with van der Waals surface area (Å²) in [6.07, 6.45) is 1.94. The quantitative estimate of drug-likeness (QED) is 0.649. The van der Waals surface area contributed by atoms with Gasteiger partial charge in [-0.1, -0.05) is 0 Å². The fourth-order valence-corrected chi connectivity index (χ4v) is 1.05. The van der Waals surface area contributed by atoms with Crippen LogP contribution in [0.25, 0.3) is 0 Å². The lowest BCUT2D eigenvalue weighted by atomic mass is 10.3. The first kappa shape index (κ1) is 8.07. The Morgan fingerprint density at radius 2 is 2.27 bits per heavy atom. The molecule has 0 aliphatic rings. The maximum absolute atomic E-state index is 5.52. The zero-order valence-electron chi connectivity index (χ0n) is 7.20. The lowest BCUT2D eigenvalue weighted by molar-refractivity contribution is 0.762. The number of rotatable bonds is 2. The van der Waals surface area contributed by atoms with Gasteiger partial charge in [-0.15, -0.1) is 0 Å². The Hall–Kier alpha value is -1.03. The molecule has 0 unspecified atom stereocenters. The molecule has 62 valence electrons. The van der Waals surface area contributed by atoms with Crippen LogP contribution >= 0.6 is 0 Å². The van der Waals surface area contributed by atoms with Crippen molar-refractivity contribution in [3.8, 4) is 0 Å². The largest absolute Gasteiger partial charge is 0.361 e. The summed E-state index contributed by atoms with van der Waals surface area (Å²) in [5, 5.41) is 4.24. The predicted molar refractivity (Wildman–Crippen MR) is 45.4 cm³/mol. The first-order valence-corrected chi connectivity index (χ1v) is 3.55. The van der Waals surface area contributed by atoms with Gasteiger partial charge in [0.05, 0.1) is 0 Å². The van der Waals surface area contributed by atoms with E-state index in [2.05, 4.69) is 5.10 Å². The van der Waals surface area contributed by atoms with Gasteiger partial charge >= 0.3 is 0 Å². The zero-order chi connectivity index (χ0) is 8.43. The van der Waals surface area contributed by atoms with Crippen LogP contribution < -0.4 is 10.6 Å². The molecule has 0 fully saturated rings. The van der Waals surface area contributed by atoms with E-state index in [9.17, 15) is 0 Å². The summed E-state index contributed by atoms with van der Waals surface area (Å²) < 4.78 is 1.78. The van der Waals surface area contributed by atoms with E-state index in [1.807, 2.05) is 32.2 Å². The molecule has 1 aromatic rings. The Morgan fingerprint density at radius 1 is 1.64 bits per heavy atom. The molecule has 4 nitrogen and oxygen atoms in total. The van der Waals surface area contributed by atoms with Crippen LogP contribution in [0.2, 0.25) is 0 Å². The maximum atomic E-state index is 5.52. The molecule has 1 aromatic heterocycles. The minimum Gasteiger partial charge on any atom is -0.361 e. The number of aryl methyl sites for hydroxylation is 1. The van der Waals surface area contributed by atoms with Crippen LogP contribution in [0.4, 0.5) is 5.82 Å². The predicted octanol–water partition coefficient (Wildman–Crippen LogP) is -0.0552. The number of hydrogen-bond donors (Lipinski definition) is 1. The van der Waals surface area contributed by atoms with E-state index in [1.165, 1.54) is 0 Å². The van der Waals surface area contributed by atoms with Crippen LogP contribution in [0.15, 0.2) is 6.20 Å². The molecule has 1 rings (SSSR count). The summed E-state index contributed by atoms with van der Waals surface area (Å²) in [7, 11) is 5.81. The van der Waals surface area contributed by atoms with Gasteiger partial charge in [-0.3, -0.25) is 4.68 Å². The van der Waals surface area contributed by atoms with Crippen molar-refractivity contribution in [2.45, 2.75) is 6.54 Å². The van der Waals surface area contributed by atoms with Crippen molar-refractivity contribution in [2.75, 3.05) is 19.0 Å². The zero-order valence-corrected chi connectivity index (χ0v) is 7.20. The van der Waals surface area contributed by atoms with E-state index in [1.54, 1.807) is 4.68 Å². The van der Waals surface area contributed by atoms with Gasteiger partial charge in [-0.25, -0.2) is 0 Å². The van der Waals surface area contributed by atoms with Gasteiger partial charge in [-0.2, -0.15) is 5.10 Å². The molecule has 11 heavy (non-hydrogen) atoms. The van der Waals surface area contributed by atoms with Crippen molar-refractivity contribution in [2.24, 2.45) is 12.8 Å². The summed E-state index contributed by atoms with van der Waals surface area (Å²) in [4.78, 5) is 1.96. The number of anilines is 1. The molecule has 0 saturated heterocycles. The van der Waals surface area contributed by atoms with Crippen LogP contribution in [-0.2, 0) is 13.6 Å². The van der Waals surface area contributed by atoms with Gasteiger partial charge in [-0.05, 0) is 0 Å². The molecule has 0 aliphatic carbocycles. The van der Waals surface area contributed by atoms with Crippen molar-refractivity contribution >= 4 is 5.82 Å². The second kappa shape index (κ2) is 2.92. The molecule has 0 amide bonds. The fourth-order valence-electron chi connectivity index (χ4n) is 1.05. The summed E-state index contributed by atoms with van der Waals surface area (Å²) in [5.74, 6) is 0.954. The van der Waals surface area contributed by atoms with Gasteiger partial charge in [0.25, 0.3) is 0 Å². The highest BCUT2D eigenvalue weighted by molar-refractivity contribution is 5.44. The van der Waals surface area contributed by atoms with E-state index in [0.29, 0.717) is 6.54 Å². The van der Waals surface area contributed by atoms with Gasteiger partial charge < -0.3 is 10.6 Å². The van der Waals surface area contributed by atoms with Crippen LogP contribution in [-0.4, -0.2) is 23.9 Å². The molecule has 0 radical (unpaired) electrons. The smallest absolute Gasteiger partial charge is 0.154 e. The Bertz CT molecular complexity index is 239. The first-order valence-electron chi connectivity index (χ1n) is 3.55. The maximum Gasteiger partial charge on any atom is 0.154 e. The summed E-state index contributed by atoms with van der Waals surface area (Å²) in [6, 6.07) is 0. The standard InChI is InChI=1S/C7H14N4/c1-10(2)7-6(4-8)5-11(3)9-7/h5H,4,8H2,1-3H3. The van der Waals surface area contributed by atoms with Crippen LogP contribution in [0, 0.1) is 0 Å². The van der Waals surface area contributed by atoms with Gasteiger partial charge in [0.15, 0.2) is 5.82 Å². The molecule has 4 heteroatoms.